The Morgan fingerprint density at radius 1 is 1.09 bits per heavy atom. The van der Waals surface area contributed by atoms with Crippen molar-refractivity contribution in [2.45, 2.75) is 19.4 Å². The van der Waals surface area contributed by atoms with Crippen molar-refractivity contribution in [3.05, 3.63) is 90.8 Å². The lowest BCUT2D eigenvalue weighted by atomic mass is 9.97. The molecule has 8 nitrogen and oxygen atoms in total. The zero-order valence-electron chi connectivity index (χ0n) is 18.8. The molecule has 0 aromatic heterocycles. The van der Waals surface area contributed by atoms with Crippen molar-refractivity contribution in [3.8, 4) is 11.1 Å². The van der Waals surface area contributed by atoms with Gasteiger partial charge in [0.05, 0.1) is 13.7 Å². The van der Waals surface area contributed by atoms with Crippen LogP contribution >= 0.6 is 0 Å². The monoisotopic (exact) mass is 459 g/mol. The maximum absolute atomic E-state index is 13.0. The zero-order chi connectivity index (χ0) is 24.8. The Labute approximate surface area is 197 Å². The molecule has 8 heteroatoms. The summed E-state index contributed by atoms with van der Waals surface area (Å²) < 4.78 is 4.51. The summed E-state index contributed by atoms with van der Waals surface area (Å²) >= 11 is 0. The highest BCUT2D eigenvalue weighted by molar-refractivity contribution is 6.07. The van der Waals surface area contributed by atoms with Crippen LogP contribution in [0, 0.1) is 0 Å². The van der Waals surface area contributed by atoms with Crippen LogP contribution in [0.15, 0.2) is 79.7 Å². The zero-order valence-corrected chi connectivity index (χ0v) is 18.8. The Bertz CT molecular complexity index is 1200. The van der Waals surface area contributed by atoms with Crippen LogP contribution in [0.5, 0.6) is 0 Å². The number of fused-ring (bicyclic) bond motifs is 1. The number of benzene rings is 2. The first-order valence-electron chi connectivity index (χ1n) is 10.5. The Balaban J connectivity index is 1.77. The molecule has 3 amide bonds. The van der Waals surface area contributed by atoms with Crippen molar-refractivity contribution < 1.29 is 23.9 Å². The van der Waals surface area contributed by atoms with Crippen molar-refractivity contribution in [1.82, 2.24) is 10.2 Å². The summed E-state index contributed by atoms with van der Waals surface area (Å²) in [7, 11) is 1.17. The fraction of sp³-hybridized carbons (Fsp3) is 0.154. The second-order valence-electron chi connectivity index (χ2n) is 7.55. The standard InChI is InChI=1S/C26H25N3O5/c1-5-6-10-23(30)28-19-13-11-18(12-14-19)20-8-7-9-21-22(20)15-29(25(21)32)17(3)24(31)27-16(2)26(33)34-4/h5,7-9,11-14H,1-3,6,10,15H2,4H3,(H,27,31)(H,28,30). The predicted octanol–water partition coefficient (Wildman–Crippen LogP) is 3.53. The largest absolute Gasteiger partial charge is 0.464 e. The van der Waals surface area contributed by atoms with Crippen LogP contribution in [0.3, 0.4) is 0 Å². The number of hydrogen-bond acceptors (Lipinski definition) is 5. The number of anilines is 1. The van der Waals surface area contributed by atoms with Gasteiger partial charge in [0, 0.05) is 17.7 Å². The molecule has 1 aliphatic rings. The molecule has 0 spiro atoms. The summed E-state index contributed by atoms with van der Waals surface area (Å²) in [4.78, 5) is 50.1. The van der Waals surface area contributed by atoms with Crippen LogP contribution in [0.2, 0.25) is 0 Å². The number of carbonyl (C=O) groups is 4. The van der Waals surface area contributed by atoms with Gasteiger partial charge in [-0.1, -0.05) is 43.5 Å². The topological polar surface area (TPSA) is 105 Å². The molecule has 0 unspecified atom stereocenters. The lowest BCUT2D eigenvalue weighted by Gasteiger charge is -2.18. The number of allylic oxidation sites excluding steroid dienone is 1. The van der Waals surface area contributed by atoms with Crippen LogP contribution in [-0.2, 0) is 25.7 Å². The average Bonchev–Trinajstić information content (AvgIpc) is 3.18. The number of carbonyl (C=O) groups excluding carboxylic acids is 4. The minimum absolute atomic E-state index is 0.0961. The maximum Gasteiger partial charge on any atom is 0.353 e. The molecular formula is C26H25N3O5. The second kappa shape index (κ2) is 10.4. The van der Waals surface area contributed by atoms with E-state index in [0.29, 0.717) is 24.1 Å². The molecular weight excluding hydrogens is 434 g/mol. The molecule has 0 atom stereocenters. The van der Waals surface area contributed by atoms with E-state index in [9.17, 15) is 19.2 Å². The van der Waals surface area contributed by atoms with Gasteiger partial charge in [0.2, 0.25) is 5.91 Å². The van der Waals surface area contributed by atoms with Crippen molar-refractivity contribution in [2.24, 2.45) is 0 Å². The van der Waals surface area contributed by atoms with Crippen LogP contribution in [0.4, 0.5) is 5.69 Å². The highest BCUT2D eigenvalue weighted by Crippen LogP contribution is 2.34. The summed E-state index contributed by atoms with van der Waals surface area (Å²) in [5.41, 5.74) is 3.18. The van der Waals surface area contributed by atoms with E-state index < -0.39 is 11.9 Å². The normalized spacial score (nSPS) is 11.9. The second-order valence-corrected chi connectivity index (χ2v) is 7.55. The minimum atomic E-state index is -0.792. The van der Waals surface area contributed by atoms with Gasteiger partial charge >= 0.3 is 5.97 Å². The molecule has 2 aromatic rings. The average molecular weight is 460 g/mol. The number of rotatable bonds is 9. The van der Waals surface area contributed by atoms with Crippen LogP contribution in [0.1, 0.15) is 28.8 Å². The molecule has 0 saturated carbocycles. The predicted molar refractivity (Wildman–Crippen MR) is 128 cm³/mol. The molecule has 174 valence electrons. The minimum Gasteiger partial charge on any atom is -0.464 e. The quantitative estimate of drug-likeness (QED) is 0.339. The summed E-state index contributed by atoms with van der Waals surface area (Å²) in [6.07, 6.45) is 2.65. The van der Waals surface area contributed by atoms with Gasteiger partial charge in [-0.25, -0.2) is 4.79 Å². The van der Waals surface area contributed by atoms with E-state index in [1.54, 1.807) is 30.3 Å². The highest BCUT2D eigenvalue weighted by atomic mass is 16.5. The SMILES string of the molecule is C=CCCC(=O)Nc1ccc(-c2cccc3c2CN(C(=C)C(=O)NC(=C)C(=O)OC)C3=O)cc1. The Kier molecular flexibility index (Phi) is 7.43. The number of esters is 1. The van der Waals surface area contributed by atoms with E-state index in [1.807, 2.05) is 18.2 Å². The Hall–Kier alpha value is -4.46. The van der Waals surface area contributed by atoms with E-state index in [4.69, 9.17) is 0 Å². The molecule has 34 heavy (non-hydrogen) atoms. The van der Waals surface area contributed by atoms with Crippen LogP contribution in [-0.4, -0.2) is 35.7 Å². The van der Waals surface area contributed by atoms with E-state index in [0.717, 1.165) is 16.7 Å². The molecule has 0 radical (unpaired) electrons. The first-order valence-corrected chi connectivity index (χ1v) is 10.5. The molecule has 1 heterocycles. The molecule has 1 aliphatic heterocycles. The highest BCUT2D eigenvalue weighted by Gasteiger charge is 2.33. The molecule has 0 saturated heterocycles. The van der Waals surface area contributed by atoms with E-state index in [2.05, 4.69) is 35.1 Å². The molecule has 0 fully saturated rings. The Morgan fingerprint density at radius 3 is 2.41 bits per heavy atom. The smallest absolute Gasteiger partial charge is 0.353 e. The third kappa shape index (κ3) is 5.12. The number of nitrogens with zero attached hydrogens (tertiary/aromatic N) is 1. The number of nitrogens with one attached hydrogen (secondary N) is 2. The Morgan fingerprint density at radius 2 is 1.76 bits per heavy atom. The van der Waals surface area contributed by atoms with E-state index in [1.165, 1.54) is 12.0 Å². The van der Waals surface area contributed by atoms with Crippen molar-refractivity contribution in [1.29, 1.82) is 0 Å². The maximum atomic E-state index is 13.0. The van der Waals surface area contributed by atoms with Crippen molar-refractivity contribution in [2.75, 3.05) is 12.4 Å². The van der Waals surface area contributed by atoms with Crippen LogP contribution in [0.25, 0.3) is 11.1 Å². The fourth-order valence-corrected chi connectivity index (χ4v) is 3.52. The van der Waals surface area contributed by atoms with Gasteiger partial charge < -0.3 is 15.4 Å². The van der Waals surface area contributed by atoms with Crippen LogP contribution < -0.4 is 10.6 Å². The summed E-state index contributed by atoms with van der Waals surface area (Å²) in [5.74, 6) is -1.98. The van der Waals surface area contributed by atoms with Gasteiger partial charge in [-0.15, -0.1) is 6.58 Å². The molecule has 0 aliphatic carbocycles. The van der Waals surface area contributed by atoms with E-state index in [-0.39, 0.29) is 29.8 Å². The van der Waals surface area contributed by atoms with Gasteiger partial charge in [-0.05, 0) is 41.3 Å². The molecule has 2 aromatic carbocycles. The van der Waals surface area contributed by atoms with Gasteiger partial charge in [-0.3, -0.25) is 19.3 Å². The summed E-state index contributed by atoms with van der Waals surface area (Å²) in [6.45, 7) is 10.9. The lowest BCUT2D eigenvalue weighted by molar-refractivity contribution is -0.137. The third-order valence-electron chi connectivity index (χ3n) is 5.31. The van der Waals surface area contributed by atoms with E-state index >= 15 is 0 Å². The summed E-state index contributed by atoms with van der Waals surface area (Å²) in [6, 6.07) is 12.6. The molecule has 0 bridgehead atoms. The number of amides is 3. The van der Waals surface area contributed by atoms with Crippen molar-refractivity contribution >= 4 is 29.4 Å². The molecule has 3 rings (SSSR count). The van der Waals surface area contributed by atoms with Gasteiger partial charge in [0.15, 0.2) is 0 Å². The number of hydrogen-bond donors (Lipinski definition) is 2. The van der Waals surface area contributed by atoms with Gasteiger partial charge in [0.1, 0.15) is 11.4 Å². The third-order valence-corrected chi connectivity index (χ3v) is 5.31. The number of methoxy groups -OCH3 is 1. The van der Waals surface area contributed by atoms with Gasteiger partial charge in [0.25, 0.3) is 11.8 Å². The molecule has 2 N–H and O–H groups in total. The first-order chi connectivity index (χ1) is 16.3. The number of ether oxygens (including phenoxy) is 1. The first kappa shape index (κ1) is 24.2. The van der Waals surface area contributed by atoms with Crippen molar-refractivity contribution in [3.63, 3.8) is 0 Å². The fourth-order valence-electron chi connectivity index (χ4n) is 3.52. The lowest BCUT2D eigenvalue weighted by Crippen LogP contribution is -2.36. The van der Waals surface area contributed by atoms with Gasteiger partial charge in [-0.2, -0.15) is 0 Å². The summed E-state index contributed by atoms with van der Waals surface area (Å²) in [5, 5.41) is 5.13.